The average Bonchev–Trinajstić information content (AvgIpc) is 2.78. The number of benzene rings is 3. The second kappa shape index (κ2) is 7.77. The molecule has 0 bridgehead atoms. The number of carbonyl (C=O) groups excluding carboxylic acids is 1. The zero-order valence-electron chi connectivity index (χ0n) is 15.5. The van der Waals surface area contributed by atoms with Crippen molar-refractivity contribution < 1.29 is 17.6 Å². The number of nitrogens with zero attached hydrogens (tertiary/aromatic N) is 2. The van der Waals surface area contributed by atoms with Crippen LogP contribution in [0.25, 0.3) is 0 Å². The van der Waals surface area contributed by atoms with Gasteiger partial charge in [-0.05, 0) is 35.4 Å². The summed E-state index contributed by atoms with van der Waals surface area (Å²) in [4.78, 5) is 14.6. The smallest absolute Gasteiger partial charge is 0.245 e. The lowest BCUT2D eigenvalue weighted by Gasteiger charge is -2.22. The Kier molecular flexibility index (Phi) is 5.17. The lowest BCUT2D eigenvalue weighted by Crippen LogP contribution is -2.38. The fourth-order valence-electron chi connectivity index (χ4n) is 3.41. The van der Waals surface area contributed by atoms with Gasteiger partial charge in [0.25, 0.3) is 0 Å². The van der Waals surface area contributed by atoms with Gasteiger partial charge < -0.3 is 4.90 Å². The summed E-state index contributed by atoms with van der Waals surface area (Å²) >= 11 is 0. The number of hydrogen-bond acceptors (Lipinski definition) is 3. The van der Waals surface area contributed by atoms with E-state index in [1.165, 1.54) is 29.2 Å². The van der Waals surface area contributed by atoms with Gasteiger partial charge in [0.2, 0.25) is 15.9 Å². The summed E-state index contributed by atoms with van der Waals surface area (Å²) in [7, 11) is -3.94. The van der Waals surface area contributed by atoms with Crippen LogP contribution in [0.4, 0.5) is 10.1 Å². The highest BCUT2D eigenvalue weighted by Gasteiger charge is 2.36. The maximum Gasteiger partial charge on any atom is 0.245 e. The van der Waals surface area contributed by atoms with E-state index in [1.807, 2.05) is 30.3 Å². The van der Waals surface area contributed by atoms with Gasteiger partial charge >= 0.3 is 0 Å². The fourth-order valence-corrected chi connectivity index (χ4v) is 4.98. The second-order valence-electron chi connectivity index (χ2n) is 6.84. The summed E-state index contributed by atoms with van der Waals surface area (Å²) in [6, 6.07) is 21.6. The van der Waals surface area contributed by atoms with Gasteiger partial charge in [0.05, 0.1) is 18.8 Å². The van der Waals surface area contributed by atoms with Crippen molar-refractivity contribution in [3.05, 3.63) is 95.8 Å². The first-order chi connectivity index (χ1) is 13.9. The number of sulfonamides is 1. The minimum Gasteiger partial charge on any atom is -0.305 e. The first-order valence-corrected chi connectivity index (χ1v) is 10.6. The molecule has 29 heavy (non-hydrogen) atoms. The number of fused-ring (bicyclic) bond motifs is 1. The standard InChI is InChI=1S/C22H19FN2O3S/c23-19-10-6-9-18(13-19)14-24-16-22(26)25(15-17-7-2-1-3-8-17)20-11-4-5-12-21(20)29(24,27)28/h1-13H,14-16H2. The average molecular weight is 410 g/mol. The van der Waals surface area contributed by atoms with E-state index < -0.39 is 15.8 Å². The van der Waals surface area contributed by atoms with Crippen LogP contribution in [0.2, 0.25) is 0 Å². The van der Waals surface area contributed by atoms with Crippen molar-refractivity contribution in [2.24, 2.45) is 0 Å². The molecule has 3 aromatic carbocycles. The van der Waals surface area contributed by atoms with E-state index in [0.29, 0.717) is 11.3 Å². The van der Waals surface area contributed by atoms with Crippen molar-refractivity contribution in [3.8, 4) is 0 Å². The molecule has 0 saturated heterocycles. The van der Waals surface area contributed by atoms with Crippen LogP contribution in [-0.4, -0.2) is 25.2 Å². The quantitative estimate of drug-likeness (QED) is 0.661. The molecule has 1 aliphatic heterocycles. The van der Waals surface area contributed by atoms with Gasteiger partial charge in [0.15, 0.2) is 0 Å². The molecular formula is C22H19FN2O3S. The Hall–Kier alpha value is -3.03. The van der Waals surface area contributed by atoms with Crippen molar-refractivity contribution in [2.45, 2.75) is 18.0 Å². The van der Waals surface area contributed by atoms with Crippen molar-refractivity contribution >= 4 is 21.6 Å². The van der Waals surface area contributed by atoms with Crippen LogP contribution >= 0.6 is 0 Å². The summed E-state index contributed by atoms with van der Waals surface area (Å²) in [5, 5.41) is 0. The predicted octanol–water partition coefficient (Wildman–Crippen LogP) is 3.56. The zero-order chi connectivity index (χ0) is 20.4. The number of amides is 1. The molecule has 7 heteroatoms. The Morgan fingerprint density at radius 3 is 2.28 bits per heavy atom. The summed E-state index contributed by atoms with van der Waals surface area (Å²) in [6.07, 6.45) is 0. The molecule has 3 aromatic rings. The van der Waals surface area contributed by atoms with Crippen molar-refractivity contribution in [1.29, 1.82) is 0 Å². The van der Waals surface area contributed by atoms with Gasteiger partial charge in [-0.15, -0.1) is 0 Å². The maximum absolute atomic E-state index is 13.6. The molecule has 0 N–H and O–H groups in total. The molecule has 148 valence electrons. The first kappa shape index (κ1) is 19.3. The molecule has 0 aromatic heterocycles. The molecular weight excluding hydrogens is 391 g/mol. The summed E-state index contributed by atoms with van der Waals surface area (Å²) in [6.45, 7) is -0.139. The zero-order valence-corrected chi connectivity index (χ0v) is 16.3. The summed E-state index contributed by atoms with van der Waals surface area (Å²) < 4.78 is 41.3. The Morgan fingerprint density at radius 1 is 0.828 bits per heavy atom. The van der Waals surface area contributed by atoms with E-state index in [2.05, 4.69) is 0 Å². The predicted molar refractivity (Wildman–Crippen MR) is 108 cm³/mol. The van der Waals surface area contributed by atoms with Gasteiger partial charge in [-0.2, -0.15) is 4.31 Å². The van der Waals surface area contributed by atoms with E-state index in [4.69, 9.17) is 0 Å². The highest BCUT2D eigenvalue weighted by atomic mass is 32.2. The number of para-hydroxylation sites is 1. The number of halogens is 1. The van der Waals surface area contributed by atoms with Gasteiger partial charge in [0.1, 0.15) is 10.7 Å². The fraction of sp³-hybridized carbons (Fsp3) is 0.136. The number of hydrogen-bond donors (Lipinski definition) is 0. The summed E-state index contributed by atoms with van der Waals surface area (Å²) in [5.41, 5.74) is 1.73. The minimum atomic E-state index is -3.94. The number of anilines is 1. The van der Waals surface area contributed by atoms with E-state index in [-0.39, 0.29) is 30.4 Å². The van der Waals surface area contributed by atoms with Gasteiger partial charge in [0, 0.05) is 6.54 Å². The maximum atomic E-state index is 13.6. The molecule has 4 rings (SSSR count). The molecule has 1 heterocycles. The van der Waals surface area contributed by atoms with Crippen molar-refractivity contribution in [2.75, 3.05) is 11.4 Å². The van der Waals surface area contributed by atoms with Crippen LogP contribution in [0.5, 0.6) is 0 Å². The molecule has 5 nitrogen and oxygen atoms in total. The van der Waals surface area contributed by atoms with Crippen molar-refractivity contribution in [1.82, 2.24) is 4.31 Å². The van der Waals surface area contributed by atoms with Gasteiger partial charge in [-0.25, -0.2) is 12.8 Å². The minimum absolute atomic E-state index is 0.0678. The highest BCUT2D eigenvalue weighted by molar-refractivity contribution is 7.89. The number of carbonyl (C=O) groups is 1. The summed E-state index contributed by atoms with van der Waals surface area (Å²) in [5.74, 6) is -0.786. The molecule has 0 radical (unpaired) electrons. The lowest BCUT2D eigenvalue weighted by molar-refractivity contribution is -0.119. The Bertz CT molecular complexity index is 1150. The molecule has 0 atom stereocenters. The van der Waals surface area contributed by atoms with E-state index >= 15 is 0 Å². The molecule has 0 fully saturated rings. The van der Waals surface area contributed by atoms with E-state index in [0.717, 1.165) is 9.87 Å². The third-order valence-corrected chi connectivity index (χ3v) is 6.66. The Balaban J connectivity index is 1.75. The van der Waals surface area contributed by atoms with Gasteiger partial charge in [-0.1, -0.05) is 54.6 Å². The lowest BCUT2D eigenvalue weighted by atomic mass is 10.2. The van der Waals surface area contributed by atoms with E-state index in [1.54, 1.807) is 24.3 Å². The first-order valence-electron chi connectivity index (χ1n) is 9.13. The molecule has 0 aliphatic carbocycles. The Labute approximate surface area is 169 Å². The monoisotopic (exact) mass is 410 g/mol. The van der Waals surface area contributed by atoms with Crippen LogP contribution < -0.4 is 4.90 Å². The van der Waals surface area contributed by atoms with Crippen LogP contribution in [0, 0.1) is 5.82 Å². The van der Waals surface area contributed by atoms with Crippen LogP contribution in [0.15, 0.2) is 83.8 Å². The molecule has 1 amide bonds. The third-order valence-electron chi connectivity index (χ3n) is 4.82. The molecule has 0 unspecified atom stereocenters. The largest absolute Gasteiger partial charge is 0.305 e. The van der Waals surface area contributed by atoms with Crippen LogP contribution in [-0.2, 0) is 27.9 Å². The normalized spacial score (nSPS) is 16.3. The highest BCUT2D eigenvalue weighted by Crippen LogP contribution is 2.33. The van der Waals surface area contributed by atoms with Gasteiger partial charge in [-0.3, -0.25) is 4.79 Å². The van der Waals surface area contributed by atoms with Crippen LogP contribution in [0.1, 0.15) is 11.1 Å². The molecule has 0 spiro atoms. The van der Waals surface area contributed by atoms with E-state index in [9.17, 15) is 17.6 Å². The van der Waals surface area contributed by atoms with Crippen LogP contribution in [0.3, 0.4) is 0 Å². The molecule has 1 aliphatic rings. The molecule has 0 saturated carbocycles. The SMILES string of the molecule is O=C1CN(Cc2cccc(F)c2)S(=O)(=O)c2ccccc2N1Cc1ccccc1. The second-order valence-corrected chi connectivity index (χ2v) is 8.74. The number of rotatable bonds is 4. The Morgan fingerprint density at radius 2 is 1.52 bits per heavy atom. The van der Waals surface area contributed by atoms with Crippen molar-refractivity contribution in [3.63, 3.8) is 0 Å². The third kappa shape index (κ3) is 3.92. The topological polar surface area (TPSA) is 57.7 Å².